The summed E-state index contributed by atoms with van der Waals surface area (Å²) in [5.41, 5.74) is 1.45. The normalized spacial score (nSPS) is 19.4. The van der Waals surface area contributed by atoms with E-state index >= 15 is 0 Å². The number of methoxy groups -OCH3 is 1. The molecule has 0 amide bonds. The van der Waals surface area contributed by atoms with Crippen molar-refractivity contribution in [1.29, 1.82) is 0 Å². The van der Waals surface area contributed by atoms with Gasteiger partial charge in [-0.2, -0.15) is 0 Å². The Morgan fingerprint density at radius 3 is 2.83 bits per heavy atom. The van der Waals surface area contributed by atoms with Gasteiger partial charge in [0.25, 0.3) is 0 Å². The molecule has 5 heteroatoms. The highest BCUT2D eigenvalue weighted by molar-refractivity contribution is 5.80. The fourth-order valence-electron chi connectivity index (χ4n) is 3.84. The summed E-state index contributed by atoms with van der Waals surface area (Å²) in [6.07, 6.45) is 6.14. The Morgan fingerprint density at radius 2 is 2.21 bits per heavy atom. The van der Waals surface area contributed by atoms with Crippen LogP contribution in [0.5, 0.6) is 11.5 Å². The molecule has 0 atom stereocenters. The first kappa shape index (κ1) is 16.9. The summed E-state index contributed by atoms with van der Waals surface area (Å²) in [4.78, 5) is 7.20. The van der Waals surface area contributed by atoms with Crippen LogP contribution in [-0.4, -0.2) is 49.3 Å². The predicted octanol–water partition coefficient (Wildman–Crippen LogP) is 2.78. The molecule has 1 heterocycles. The van der Waals surface area contributed by atoms with Gasteiger partial charge < -0.3 is 20.1 Å². The molecule has 1 aliphatic heterocycles. The van der Waals surface area contributed by atoms with Gasteiger partial charge in [-0.1, -0.05) is 18.6 Å². The standard InChI is InChI=1S/C19H29N3O2/c1-3-20-18(22-13-11-19(14-22)9-5-10-19)21-12-8-15-6-4-7-16(24-2)17(15)23/h4,6-7,23H,3,5,8-14H2,1-2H3,(H,20,21). The van der Waals surface area contributed by atoms with E-state index in [0.717, 1.165) is 31.2 Å². The van der Waals surface area contributed by atoms with Crippen molar-refractivity contribution >= 4 is 5.96 Å². The molecular weight excluding hydrogens is 302 g/mol. The number of likely N-dealkylation sites (tertiary alicyclic amines) is 1. The van der Waals surface area contributed by atoms with E-state index in [2.05, 4.69) is 17.1 Å². The first-order valence-corrected chi connectivity index (χ1v) is 9.05. The summed E-state index contributed by atoms with van der Waals surface area (Å²) in [6.45, 7) is 5.90. The summed E-state index contributed by atoms with van der Waals surface area (Å²) in [7, 11) is 1.57. The van der Waals surface area contributed by atoms with Gasteiger partial charge in [-0.25, -0.2) is 0 Å². The lowest BCUT2D eigenvalue weighted by Gasteiger charge is -2.38. The summed E-state index contributed by atoms with van der Waals surface area (Å²) in [6, 6.07) is 5.61. The number of rotatable bonds is 5. The Bertz CT molecular complexity index is 596. The summed E-state index contributed by atoms with van der Waals surface area (Å²) in [5.74, 6) is 1.77. The van der Waals surface area contributed by atoms with E-state index < -0.39 is 0 Å². The van der Waals surface area contributed by atoms with Crippen LogP contribution in [0.4, 0.5) is 0 Å². The molecule has 5 nitrogen and oxygen atoms in total. The lowest BCUT2D eigenvalue weighted by Crippen LogP contribution is -2.42. The molecule has 132 valence electrons. The van der Waals surface area contributed by atoms with E-state index in [1.54, 1.807) is 13.2 Å². The van der Waals surface area contributed by atoms with Crippen molar-refractivity contribution in [2.75, 3.05) is 33.3 Å². The maximum absolute atomic E-state index is 10.2. The lowest BCUT2D eigenvalue weighted by molar-refractivity contribution is 0.151. The van der Waals surface area contributed by atoms with E-state index in [4.69, 9.17) is 9.73 Å². The van der Waals surface area contributed by atoms with Gasteiger partial charge in [0.2, 0.25) is 0 Å². The molecule has 2 aliphatic rings. The van der Waals surface area contributed by atoms with E-state index in [1.165, 1.54) is 25.7 Å². The third-order valence-corrected chi connectivity index (χ3v) is 5.43. The molecule has 0 unspecified atom stereocenters. The van der Waals surface area contributed by atoms with Gasteiger partial charge in [0.1, 0.15) is 0 Å². The number of benzene rings is 1. The van der Waals surface area contributed by atoms with Crippen molar-refractivity contribution in [2.45, 2.75) is 39.0 Å². The Hall–Kier alpha value is -1.91. The van der Waals surface area contributed by atoms with Crippen LogP contribution in [0.3, 0.4) is 0 Å². The number of phenols is 1. The molecule has 0 bridgehead atoms. The van der Waals surface area contributed by atoms with Crippen LogP contribution in [0.1, 0.15) is 38.2 Å². The van der Waals surface area contributed by atoms with E-state index in [9.17, 15) is 5.11 Å². The van der Waals surface area contributed by atoms with Crippen LogP contribution < -0.4 is 10.1 Å². The van der Waals surface area contributed by atoms with Crippen LogP contribution in [0.15, 0.2) is 23.2 Å². The Balaban J connectivity index is 1.62. The van der Waals surface area contributed by atoms with Gasteiger partial charge in [0, 0.05) is 26.2 Å². The largest absolute Gasteiger partial charge is 0.504 e. The molecule has 2 N–H and O–H groups in total. The zero-order chi connectivity index (χ0) is 17.0. The van der Waals surface area contributed by atoms with Crippen LogP contribution in [-0.2, 0) is 6.42 Å². The summed E-state index contributed by atoms with van der Waals surface area (Å²) >= 11 is 0. The Morgan fingerprint density at radius 1 is 1.38 bits per heavy atom. The second kappa shape index (κ2) is 7.32. The first-order chi connectivity index (χ1) is 11.7. The second-order valence-corrected chi connectivity index (χ2v) is 6.98. The first-order valence-electron chi connectivity index (χ1n) is 9.05. The number of guanidine groups is 1. The van der Waals surface area contributed by atoms with Gasteiger partial charge in [0.05, 0.1) is 7.11 Å². The van der Waals surface area contributed by atoms with Gasteiger partial charge in [0.15, 0.2) is 17.5 Å². The molecule has 3 rings (SSSR count). The monoisotopic (exact) mass is 331 g/mol. The Labute approximate surface area is 144 Å². The topological polar surface area (TPSA) is 57.1 Å². The van der Waals surface area contributed by atoms with Crippen molar-refractivity contribution in [3.63, 3.8) is 0 Å². The summed E-state index contributed by atoms with van der Waals surface area (Å²) in [5, 5.41) is 13.6. The van der Waals surface area contributed by atoms with Crippen molar-refractivity contribution in [3.8, 4) is 11.5 Å². The highest BCUT2D eigenvalue weighted by atomic mass is 16.5. The number of hydrogen-bond acceptors (Lipinski definition) is 3. The maximum Gasteiger partial charge on any atom is 0.193 e. The van der Waals surface area contributed by atoms with Crippen LogP contribution in [0, 0.1) is 5.41 Å². The number of ether oxygens (including phenoxy) is 1. The van der Waals surface area contributed by atoms with Gasteiger partial charge in [-0.15, -0.1) is 0 Å². The molecule has 1 aromatic rings. The lowest BCUT2D eigenvalue weighted by atomic mass is 9.68. The van der Waals surface area contributed by atoms with Crippen LogP contribution >= 0.6 is 0 Å². The number of hydrogen-bond donors (Lipinski definition) is 2. The zero-order valence-electron chi connectivity index (χ0n) is 14.8. The van der Waals surface area contributed by atoms with Crippen molar-refractivity contribution in [3.05, 3.63) is 23.8 Å². The van der Waals surface area contributed by atoms with Gasteiger partial charge >= 0.3 is 0 Å². The number of nitrogens with zero attached hydrogens (tertiary/aromatic N) is 2. The van der Waals surface area contributed by atoms with Crippen molar-refractivity contribution in [1.82, 2.24) is 10.2 Å². The van der Waals surface area contributed by atoms with Crippen LogP contribution in [0.25, 0.3) is 0 Å². The fourth-order valence-corrected chi connectivity index (χ4v) is 3.84. The van der Waals surface area contributed by atoms with Crippen LogP contribution in [0.2, 0.25) is 0 Å². The average Bonchev–Trinajstić information content (AvgIpc) is 3.01. The minimum absolute atomic E-state index is 0.231. The molecule has 1 aliphatic carbocycles. The fraction of sp³-hybridized carbons (Fsp3) is 0.632. The molecule has 0 aromatic heterocycles. The molecule has 1 saturated heterocycles. The van der Waals surface area contributed by atoms with E-state index in [0.29, 0.717) is 24.1 Å². The van der Waals surface area contributed by atoms with E-state index in [1.807, 2.05) is 12.1 Å². The maximum atomic E-state index is 10.2. The molecule has 1 aromatic carbocycles. The van der Waals surface area contributed by atoms with Crippen molar-refractivity contribution in [2.24, 2.45) is 10.4 Å². The average molecular weight is 331 g/mol. The minimum atomic E-state index is 0.231. The summed E-state index contributed by atoms with van der Waals surface area (Å²) < 4.78 is 5.17. The molecule has 1 saturated carbocycles. The number of para-hydroxylation sites is 1. The zero-order valence-corrected chi connectivity index (χ0v) is 14.8. The van der Waals surface area contributed by atoms with Gasteiger partial charge in [-0.3, -0.25) is 4.99 Å². The molecular formula is C19H29N3O2. The number of aliphatic imine (C=N–C) groups is 1. The van der Waals surface area contributed by atoms with Crippen molar-refractivity contribution < 1.29 is 9.84 Å². The number of phenolic OH excluding ortho intramolecular Hbond substituents is 1. The minimum Gasteiger partial charge on any atom is -0.504 e. The smallest absolute Gasteiger partial charge is 0.193 e. The highest BCUT2D eigenvalue weighted by Crippen LogP contribution is 2.47. The highest BCUT2D eigenvalue weighted by Gasteiger charge is 2.43. The molecule has 1 spiro atoms. The number of nitrogens with one attached hydrogen (secondary N) is 1. The quantitative estimate of drug-likeness (QED) is 0.643. The van der Waals surface area contributed by atoms with E-state index in [-0.39, 0.29) is 5.75 Å². The SMILES string of the molecule is CCNC(=NCCc1cccc(OC)c1O)N1CCC2(CCC2)C1. The molecule has 24 heavy (non-hydrogen) atoms. The van der Waals surface area contributed by atoms with Gasteiger partial charge in [-0.05, 0) is 49.7 Å². The third-order valence-electron chi connectivity index (χ3n) is 5.43. The molecule has 2 fully saturated rings. The Kier molecular flexibility index (Phi) is 5.17. The molecule has 0 radical (unpaired) electrons. The third kappa shape index (κ3) is 3.45. The second-order valence-electron chi connectivity index (χ2n) is 6.98. The predicted molar refractivity (Wildman–Crippen MR) is 96.8 cm³/mol. The number of aromatic hydroxyl groups is 1.